The van der Waals surface area contributed by atoms with Crippen LogP contribution < -0.4 is 15.6 Å². The van der Waals surface area contributed by atoms with E-state index < -0.39 is 11.5 Å². The van der Waals surface area contributed by atoms with E-state index in [1.807, 2.05) is 60.7 Å². The molecule has 0 saturated heterocycles. The molecule has 1 amide bonds. The van der Waals surface area contributed by atoms with E-state index in [1.165, 1.54) is 10.5 Å². The van der Waals surface area contributed by atoms with Crippen LogP contribution in [0, 0.1) is 11.3 Å². The lowest BCUT2D eigenvalue weighted by Gasteiger charge is -2.19. The molecule has 186 valence electrons. The van der Waals surface area contributed by atoms with Crippen molar-refractivity contribution in [2.45, 2.75) is 32.6 Å². The molecule has 4 rings (SSSR count). The van der Waals surface area contributed by atoms with Gasteiger partial charge in [0.05, 0.1) is 0 Å². The fourth-order valence-corrected chi connectivity index (χ4v) is 3.77. The van der Waals surface area contributed by atoms with Gasteiger partial charge in [0.15, 0.2) is 0 Å². The highest BCUT2D eigenvalue weighted by Crippen LogP contribution is 2.28. The number of pyridine rings is 1. The monoisotopic (exact) mass is 492 g/mol. The minimum absolute atomic E-state index is 0.0124. The highest BCUT2D eigenvalue weighted by atomic mass is 16.5. The Morgan fingerprint density at radius 3 is 2.43 bits per heavy atom. The molecule has 37 heavy (non-hydrogen) atoms. The number of aromatic nitrogens is 2. The summed E-state index contributed by atoms with van der Waals surface area (Å²) in [4.78, 5) is 30.6. The molecule has 7 heteroatoms. The number of hydrogen-bond donors (Lipinski definition) is 1. The molecule has 7 nitrogen and oxygen atoms in total. The SMILES string of the molecule is CC(C)(C)c1ccc(Oc2nc3ccccn3c(=O)c2C=C(C#N)C(=O)NCCc2ccccc2)cc1. The molecule has 4 aromatic rings. The zero-order valence-electron chi connectivity index (χ0n) is 21.1. The van der Waals surface area contributed by atoms with Crippen molar-refractivity contribution in [2.75, 3.05) is 6.54 Å². The normalized spacial score (nSPS) is 11.7. The lowest BCUT2D eigenvalue weighted by Crippen LogP contribution is -2.27. The van der Waals surface area contributed by atoms with Gasteiger partial charge in [-0.25, -0.2) is 0 Å². The van der Waals surface area contributed by atoms with E-state index in [1.54, 1.807) is 24.4 Å². The number of hydrogen-bond acceptors (Lipinski definition) is 5. The maximum atomic E-state index is 13.4. The van der Waals surface area contributed by atoms with Crippen LogP contribution in [-0.4, -0.2) is 21.8 Å². The van der Waals surface area contributed by atoms with Gasteiger partial charge in [0.1, 0.15) is 28.6 Å². The van der Waals surface area contributed by atoms with Crippen LogP contribution in [0.5, 0.6) is 11.6 Å². The van der Waals surface area contributed by atoms with Crippen molar-refractivity contribution in [3.05, 3.63) is 112 Å². The third-order valence-corrected chi connectivity index (χ3v) is 5.86. The van der Waals surface area contributed by atoms with Gasteiger partial charge < -0.3 is 10.1 Å². The molecule has 2 aromatic carbocycles. The fourth-order valence-electron chi connectivity index (χ4n) is 3.77. The van der Waals surface area contributed by atoms with Gasteiger partial charge >= 0.3 is 0 Å². The maximum absolute atomic E-state index is 13.4. The lowest BCUT2D eigenvalue weighted by molar-refractivity contribution is -0.117. The lowest BCUT2D eigenvalue weighted by atomic mass is 9.87. The largest absolute Gasteiger partial charge is 0.438 e. The van der Waals surface area contributed by atoms with Crippen molar-refractivity contribution in [3.8, 4) is 17.7 Å². The second kappa shape index (κ2) is 10.9. The summed E-state index contributed by atoms with van der Waals surface area (Å²) in [6.07, 6.45) is 3.44. The first kappa shape index (κ1) is 25.4. The molecule has 0 radical (unpaired) electrons. The van der Waals surface area contributed by atoms with Crippen LogP contribution in [-0.2, 0) is 16.6 Å². The van der Waals surface area contributed by atoms with Crippen LogP contribution in [0.1, 0.15) is 37.5 Å². The van der Waals surface area contributed by atoms with Crippen molar-refractivity contribution in [2.24, 2.45) is 0 Å². The topological polar surface area (TPSA) is 96.5 Å². The number of nitrogens with zero attached hydrogens (tertiary/aromatic N) is 3. The first-order chi connectivity index (χ1) is 17.8. The van der Waals surface area contributed by atoms with E-state index in [9.17, 15) is 14.9 Å². The van der Waals surface area contributed by atoms with E-state index in [-0.39, 0.29) is 22.4 Å². The Morgan fingerprint density at radius 1 is 1.05 bits per heavy atom. The van der Waals surface area contributed by atoms with E-state index >= 15 is 0 Å². The third-order valence-electron chi connectivity index (χ3n) is 5.86. The van der Waals surface area contributed by atoms with Gasteiger partial charge in [-0.1, -0.05) is 69.3 Å². The Morgan fingerprint density at radius 2 is 1.76 bits per heavy atom. The number of nitrogens with one attached hydrogen (secondary N) is 1. The van der Waals surface area contributed by atoms with Crippen molar-refractivity contribution in [1.29, 1.82) is 5.26 Å². The number of rotatable bonds is 7. The molecule has 0 saturated carbocycles. The second-order valence-electron chi connectivity index (χ2n) is 9.60. The van der Waals surface area contributed by atoms with Crippen LogP contribution in [0.25, 0.3) is 11.7 Å². The van der Waals surface area contributed by atoms with Gasteiger partial charge in [0, 0.05) is 12.7 Å². The molecule has 0 aliphatic carbocycles. The van der Waals surface area contributed by atoms with Crippen molar-refractivity contribution in [3.63, 3.8) is 0 Å². The quantitative estimate of drug-likeness (QED) is 0.288. The van der Waals surface area contributed by atoms with Crippen molar-refractivity contribution >= 4 is 17.6 Å². The number of carbonyl (C=O) groups is 1. The predicted octanol–water partition coefficient (Wildman–Crippen LogP) is 5.05. The molecule has 0 bridgehead atoms. The number of carbonyl (C=O) groups excluding carboxylic acids is 1. The standard InChI is InChI=1S/C30H28N4O3/c1-30(2,3)23-12-14-24(15-13-23)37-28-25(29(36)34-18-8-7-11-26(34)33-28)19-22(20-31)27(35)32-17-16-21-9-5-4-6-10-21/h4-15,18-19H,16-17H2,1-3H3,(H,32,35). The van der Waals surface area contributed by atoms with Crippen LogP contribution in [0.2, 0.25) is 0 Å². The molecule has 0 spiro atoms. The van der Waals surface area contributed by atoms with Crippen LogP contribution in [0.4, 0.5) is 0 Å². The summed E-state index contributed by atoms with van der Waals surface area (Å²) in [7, 11) is 0. The van der Waals surface area contributed by atoms with Gasteiger partial charge in [-0.2, -0.15) is 10.2 Å². The van der Waals surface area contributed by atoms with E-state index in [0.717, 1.165) is 11.1 Å². The predicted molar refractivity (Wildman–Crippen MR) is 143 cm³/mol. The van der Waals surface area contributed by atoms with E-state index in [4.69, 9.17) is 4.74 Å². The molecule has 2 heterocycles. The van der Waals surface area contributed by atoms with Crippen LogP contribution in [0.3, 0.4) is 0 Å². The molecular formula is C30H28N4O3. The van der Waals surface area contributed by atoms with Gasteiger partial charge in [0.25, 0.3) is 11.5 Å². The van der Waals surface area contributed by atoms with Gasteiger partial charge in [0.2, 0.25) is 5.88 Å². The summed E-state index contributed by atoms with van der Waals surface area (Å²) >= 11 is 0. The number of fused-ring (bicyclic) bond motifs is 1. The molecule has 2 aromatic heterocycles. The van der Waals surface area contributed by atoms with Gasteiger partial charge in [-0.3, -0.25) is 14.0 Å². The van der Waals surface area contributed by atoms with E-state index in [0.29, 0.717) is 24.4 Å². The third kappa shape index (κ3) is 6.11. The van der Waals surface area contributed by atoms with Crippen LogP contribution >= 0.6 is 0 Å². The molecule has 0 atom stereocenters. The first-order valence-electron chi connectivity index (χ1n) is 12.0. The first-order valence-corrected chi connectivity index (χ1v) is 12.0. The smallest absolute Gasteiger partial charge is 0.269 e. The molecule has 0 unspecified atom stereocenters. The van der Waals surface area contributed by atoms with Crippen molar-refractivity contribution in [1.82, 2.24) is 14.7 Å². The Bertz CT molecular complexity index is 1540. The summed E-state index contributed by atoms with van der Waals surface area (Å²) in [5, 5.41) is 12.5. The fraction of sp³-hybridized carbons (Fsp3) is 0.200. The van der Waals surface area contributed by atoms with Crippen LogP contribution in [0.15, 0.2) is 89.4 Å². The maximum Gasteiger partial charge on any atom is 0.269 e. The average molecular weight is 493 g/mol. The Labute approximate surface area is 215 Å². The Hall–Kier alpha value is -4.70. The minimum Gasteiger partial charge on any atom is -0.438 e. The molecule has 0 fully saturated rings. The number of ether oxygens (including phenoxy) is 1. The Balaban J connectivity index is 1.66. The Kier molecular flexibility index (Phi) is 7.49. The van der Waals surface area contributed by atoms with Crippen molar-refractivity contribution < 1.29 is 9.53 Å². The summed E-state index contributed by atoms with van der Waals surface area (Å²) < 4.78 is 7.37. The summed E-state index contributed by atoms with van der Waals surface area (Å²) in [6.45, 7) is 6.70. The highest BCUT2D eigenvalue weighted by Gasteiger charge is 2.18. The number of amides is 1. The zero-order chi connectivity index (χ0) is 26.4. The molecule has 1 N–H and O–H groups in total. The molecular weight excluding hydrogens is 464 g/mol. The van der Waals surface area contributed by atoms with E-state index in [2.05, 4.69) is 31.1 Å². The number of benzene rings is 2. The highest BCUT2D eigenvalue weighted by molar-refractivity contribution is 6.01. The number of nitriles is 1. The zero-order valence-corrected chi connectivity index (χ0v) is 21.1. The summed E-state index contributed by atoms with van der Waals surface area (Å²) in [6, 6.07) is 24.3. The molecule has 0 aliphatic rings. The summed E-state index contributed by atoms with van der Waals surface area (Å²) in [5.41, 5.74) is 1.91. The minimum atomic E-state index is -0.573. The average Bonchev–Trinajstić information content (AvgIpc) is 2.89. The van der Waals surface area contributed by atoms with Gasteiger partial charge in [-0.05, 0) is 53.3 Å². The second-order valence-corrected chi connectivity index (χ2v) is 9.60. The molecule has 0 aliphatic heterocycles. The summed E-state index contributed by atoms with van der Waals surface area (Å²) in [5.74, 6) is -0.0679. The van der Waals surface area contributed by atoms with Gasteiger partial charge in [-0.15, -0.1) is 0 Å².